The van der Waals surface area contributed by atoms with Gasteiger partial charge in [-0.05, 0) is 18.4 Å². The van der Waals surface area contributed by atoms with Crippen LogP contribution in [0.5, 0.6) is 0 Å². The molecule has 0 aliphatic rings. The SMILES string of the molecule is Cc1nc(CS(=N)(=O)O)ncc1C(C)C. The highest BCUT2D eigenvalue weighted by molar-refractivity contribution is 7.86. The topological polar surface area (TPSA) is 86.9 Å². The molecule has 0 bridgehead atoms. The lowest BCUT2D eigenvalue weighted by Gasteiger charge is -2.09. The number of aromatic nitrogens is 2. The second-order valence-corrected chi connectivity index (χ2v) is 5.34. The molecule has 0 aliphatic heterocycles. The van der Waals surface area contributed by atoms with Crippen molar-refractivity contribution in [3.05, 3.63) is 23.3 Å². The van der Waals surface area contributed by atoms with Crippen LogP contribution in [-0.2, 0) is 15.8 Å². The molecule has 0 radical (unpaired) electrons. The molecule has 0 aromatic carbocycles. The minimum atomic E-state index is -3.55. The summed E-state index contributed by atoms with van der Waals surface area (Å²) < 4.78 is 26.6. The van der Waals surface area contributed by atoms with E-state index in [0.29, 0.717) is 5.92 Å². The van der Waals surface area contributed by atoms with Crippen LogP contribution in [0.25, 0.3) is 0 Å². The van der Waals surface area contributed by atoms with E-state index in [-0.39, 0.29) is 11.6 Å². The lowest BCUT2D eigenvalue weighted by atomic mass is 10.0. The molecule has 1 aromatic heterocycles. The molecule has 1 aromatic rings. The molecule has 1 rings (SSSR count). The average Bonchev–Trinajstić information content (AvgIpc) is 1.99. The fourth-order valence-electron chi connectivity index (χ4n) is 1.34. The zero-order valence-corrected chi connectivity index (χ0v) is 9.84. The Balaban J connectivity index is 3.02. The van der Waals surface area contributed by atoms with Crippen molar-refractivity contribution < 1.29 is 8.76 Å². The quantitative estimate of drug-likeness (QED) is 0.829. The van der Waals surface area contributed by atoms with Gasteiger partial charge in [0.2, 0.25) is 0 Å². The zero-order valence-electron chi connectivity index (χ0n) is 9.02. The molecule has 6 heteroatoms. The highest BCUT2D eigenvalue weighted by atomic mass is 32.2. The van der Waals surface area contributed by atoms with E-state index in [2.05, 4.69) is 9.97 Å². The van der Waals surface area contributed by atoms with Crippen LogP contribution in [0.1, 0.15) is 36.8 Å². The maximum atomic E-state index is 10.8. The third kappa shape index (κ3) is 3.56. The predicted molar refractivity (Wildman–Crippen MR) is 58.1 cm³/mol. The maximum absolute atomic E-state index is 10.8. The molecule has 1 heterocycles. The van der Waals surface area contributed by atoms with E-state index in [4.69, 9.17) is 9.33 Å². The summed E-state index contributed by atoms with van der Waals surface area (Å²) in [6.07, 6.45) is 1.66. The van der Waals surface area contributed by atoms with Crippen LogP contribution in [-0.4, -0.2) is 18.7 Å². The summed E-state index contributed by atoms with van der Waals surface area (Å²) >= 11 is 0. The number of rotatable bonds is 3. The monoisotopic (exact) mass is 229 g/mol. The molecule has 5 nitrogen and oxygen atoms in total. The third-order valence-electron chi connectivity index (χ3n) is 2.01. The van der Waals surface area contributed by atoms with Gasteiger partial charge in [0.25, 0.3) is 0 Å². The van der Waals surface area contributed by atoms with E-state index in [0.717, 1.165) is 11.3 Å². The molecular weight excluding hydrogens is 214 g/mol. The van der Waals surface area contributed by atoms with Gasteiger partial charge in [0, 0.05) is 11.9 Å². The van der Waals surface area contributed by atoms with Crippen molar-refractivity contribution in [2.45, 2.75) is 32.4 Å². The summed E-state index contributed by atoms with van der Waals surface area (Å²) in [5, 5.41) is 0. The van der Waals surface area contributed by atoms with Crippen molar-refractivity contribution in [2.24, 2.45) is 0 Å². The van der Waals surface area contributed by atoms with E-state index in [1.165, 1.54) is 0 Å². The van der Waals surface area contributed by atoms with Gasteiger partial charge in [-0.2, -0.15) is 0 Å². The van der Waals surface area contributed by atoms with Crippen LogP contribution in [0.3, 0.4) is 0 Å². The Morgan fingerprint density at radius 2 is 2.20 bits per heavy atom. The molecule has 0 aliphatic carbocycles. The first-order chi connectivity index (χ1) is 6.79. The van der Waals surface area contributed by atoms with E-state index in [1.54, 1.807) is 6.20 Å². The standard InChI is InChI=1S/C9H15N3O2S/c1-6(2)8-4-11-9(12-7(8)3)5-15(10,13)14/h4,6H,5H2,1-3H3,(H2,10,13,14). The van der Waals surface area contributed by atoms with Gasteiger partial charge in [-0.15, -0.1) is 0 Å². The molecule has 0 saturated carbocycles. The van der Waals surface area contributed by atoms with Crippen LogP contribution in [0.15, 0.2) is 6.20 Å². The second-order valence-electron chi connectivity index (χ2n) is 3.77. The summed E-state index contributed by atoms with van der Waals surface area (Å²) in [5.74, 6) is 0.264. The largest absolute Gasteiger partial charge is 0.300 e. The van der Waals surface area contributed by atoms with Gasteiger partial charge in [0.15, 0.2) is 10.0 Å². The van der Waals surface area contributed by atoms with Crippen molar-refractivity contribution in [1.82, 2.24) is 9.97 Å². The number of nitrogens with one attached hydrogen (secondary N) is 1. The summed E-state index contributed by atoms with van der Waals surface area (Å²) in [5.41, 5.74) is 1.83. The molecule has 0 fully saturated rings. The second kappa shape index (κ2) is 4.24. The maximum Gasteiger partial charge on any atom is 0.165 e. The van der Waals surface area contributed by atoms with Crippen molar-refractivity contribution in [3.63, 3.8) is 0 Å². The van der Waals surface area contributed by atoms with Gasteiger partial charge in [-0.3, -0.25) is 0 Å². The van der Waals surface area contributed by atoms with Crippen molar-refractivity contribution in [1.29, 1.82) is 4.78 Å². The summed E-state index contributed by atoms with van der Waals surface area (Å²) in [7, 11) is -3.55. The summed E-state index contributed by atoms with van der Waals surface area (Å²) in [4.78, 5) is 8.09. The molecule has 0 saturated heterocycles. The predicted octanol–water partition coefficient (Wildman–Crippen LogP) is 1.93. The molecule has 0 amide bonds. The van der Waals surface area contributed by atoms with E-state index < -0.39 is 10.0 Å². The van der Waals surface area contributed by atoms with Crippen LogP contribution in [0.4, 0.5) is 0 Å². The molecule has 2 N–H and O–H groups in total. The van der Waals surface area contributed by atoms with Crippen LogP contribution in [0, 0.1) is 11.7 Å². The van der Waals surface area contributed by atoms with Crippen molar-refractivity contribution in [2.75, 3.05) is 0 Å². The average molecular weight is 229 g/mol. The molecular formula is C9H15N3O2S. The lowest BCUT2D eigenvalue weighted by Crippen LogP contribution is -2.07. The number of nitrogens with zero attached hydrogens (tertiary/aromatic N) is 2. The zero-order chi connectivity index (χ0) is 11.6. The third-order valence-corrected chi connectivity index (χ3v) is 2.66. The molecule has 0 spiro atoms. The molecule has 1 unspecified atom stereocenters. The van der Waals surface area contributed by atoms with Gasteiger partial charge in [0.1, 0.15) is 11.6 Å². The first-order valence-corrected chi connectivity index (χ1v) is 6.29. The van der Waals surface area contributed by atoms with Crippen molar-refractivity contribution in [3.8, 4) is 0 Å². The van der Waals surface area contributed by atoms with Crippen LogP contribution in [0.2, 0.25) is 0 Å². The van der Waals surface area contributed by atoms with Gasteiger partial charge < -0.3 is 4.55 Å². The van der Waals surface area contributed by atoms with Gasteiger partial charge in [-0.25, -0.2) is 19.0 Å². The summed E-state index contributed by atoms with van der Waals surface area (Å²) in [6, 6.07) is 0. The van der Waals surface area contributed by atoms with E-state index in [1.807, 2.05) is 20.8 Å². The Kier molecular flexibility index (Phi) is 3.41. The minimum absolute atomic E-state index is 0.249. The fourth-order valence-corrected chi connectivity index (χ4v) is 1.82. The number of hydrogen-bond donors (Lipinski definition) is 2. The Bertz CT molecular complexity index is 454. The number of aryl methyl sites for hydroxylation is 1. The molecule has 15 heavy (non-hydrogen) atoms. The summed E-state index contributed by atoms with van der Waals surface area (Å²) in [6.45, 7) is 5.90. The van der Waals surface area contributed by atoms with E-state index >= 15 is 0 Å². The Morgan fingerprint density at radius 1 is 1.60 bits per heavy atom. The highest BCUT2D eigenvalue weighted by Gasteiger charge is 2.10. The van der Waals surface area contributed by atoms with E-state index in [9.17, 15) is 4.21 Å². The van der Waals surface area contributed by atoms with Gasteiger partial charge in [0.05, 0.1) is 0 Å². The first-order valence-electron chi connectivity index (χ1n) is 4.61. The Hall–Kier alpha value is -1.01. The fraction of sp³-hybridized carbons (Fsp3) is 0.556. The van der Waals surface area contributed by atoms with Crippen LogP contribution < -0.4 is 0 Å². The molecule has 1 atom stereocenters. The van der Waals surface area contributed by atoms with Gasteiger partial charge in [-0.1, -0.05) is 13.8 Å². The Morgan fingerprint density at radius 3 is 2.60 bits per heavy atom. The van der Waals surface area contributed by atoms with Crippen LogP contribution >= 0.6 is 0 Å². The lowest BCUT2D eigenvalue weighted by molar-refractivity contribution is 0.545. The highest BCUT2D eigenvalue weighted by Crippen LogP contribution is 2.16. The minimum Gasteiger partial charge on any atom is -0.300 e. The first kappa shape index (κ1) is 12.1. The molecule has 84 valence electrons. The normalized spacial score (nSPS) is 15.3. The van der Waals surface area contributed by atoms with Crippen molar-refractivity contribution >= 4 is 10.0 Å². The van der Waals surface area contributed by atoms with Gasteiger partial charge >= 0.3 is 0 Å². The smallest absolute Gasteiger partial charge is 0.165 e. The Labute approximate surface area is 89.8 Å². The number of hydrogen-bond acceptors (Lipinski definition) is 4.